The molecule has 3 atom stereocenters. The van der Waals surface area contributed by atoms with Gasteiger partial charge in [0.25, 0.3) is 0 Å². The van der Waals surface area contributed by atoms with Crippen LogP contribution in [0, 0.1) is 24.2 Å². The lowest BCUT2D eigenvalue weighted by Crippen LogP contribution is -2.41. The van der Waals surface area contributed by atoms with Crippen LogP contribution in [-0.4, -0.2) is 66.2 Å². The van der Waals surface area contributed by atoms with E-state index in [9.17, 15) is 9.59 Å². The molecule has 9 heteroatoms. The molecule has 2 aliphatic heterocycles. The third-order valence-corrected chi connectivity index (χ3v) is 9.30. The highest BCUT2D eigenvalue weighted by molar-refractivity contribution is 7.19. The maximum Gasteiger partial charge on any atom is 0.234 e. The average Bonchev–Trinajstić information content (AvgIpc) is 3.14. The number of morpholine rings is 1. The van der Waals surface area contributed by atoms with E-state index in [1.165, 1.54) is 16.3 Å². The van der Waals surface area contributed by atoms with Gasteiger partial charge < -0.3 is 19.5 Å². The zero-order valence-corrected chi connectivity index (χ0v) is 22.3. The Morgan fingerprint density at radius 1 is 1.22 bits per heavy atom. The summed E-state index contributed by atoms with van der Waals surface area (Å²) < 4.78 is 9.46. The molecular weight excluding hydrogens is 474 g/mol. The van der Waals surface area contributed by atoms with Crippen LogP contribution in [0.3, 0.4) is 0 Å². The first-order valence-electron chi connectivity index (χ1n) is 12.6. The summed E-state index contributed by atoms with van der Waals surface area (Å²) in [5.41, 5.74) is 5.31. The molecule has 36 heavy (non-hydrogen) atoms. The molecule has 1 saturated carbocycles. The molecule has 3 aromatic rings. The van der Waals surface area contributed by atoms with Crippen molar-refractivity contribution in [2.45, 2.75) is 40.0 Å². The van der Waals surface area contributed by atoms with Gasteiger partial charge in [-0.25, -0.2) is 0 Å². The number of ether oxygens (including phenoxy) is 1. The molecule has 3 fully saturated rings. The van der Waals surface area contributed by atoms with Crippen molar-refractivity contribution >= 4 is 39.1 Å². The molecule has 3 aromatic heterocycles. The van der Waals surface area contributed by atoms with E-state index in [1.807, 2.05) is 26.1 Å². The lowest BCUT2D eigenvalue weighted by molar-refractivity contribution is -0.143. The normalized spacial score (nSPS) is 25.0. The number of nitrogens with zero attached hydrogens (tertiary/aromatic N) is 4. The number of pyridine rings is 1. The van der Waals surface area contributed by atoms with Crippen molar-refractivity contribution in [2.75, 3.05) is 38.7 Å². The quantitative estimate of drug-likeness (QED) is 0.516. The van der Waals surface area contributed by atoms with Gasteiger partial charge in [0.05, 0.1) is 59.2 Å². The maximum absolute atomic E-state index is 12.9. The van der Waals surface area contributed by atoms with E-state index >= 15 is 0 Å². The first-order chi connectivity index (χ1) is 17.2. The van der Waals surface area contributed by atoms with Gasteiger partial charge in [0.1, 0.15) is 0 Å². The van der Waals surface area contributed by atoms with Crippen LogP contribution in [0.15, 0.2) is 24.4 Å². The highest BCUT2D eigenvalue weighted by Crippen LogP contribution is 2.63. The lowest BCUT2D eigenvalue weighted by Gasteiger charge is -2.26. The fourth-order valence-corrected chi connectivity index (χ4v) is 7.19. The molecule has 2 amide bonds. The zero-order valence-electron chi connectivity index (χ0n) is 21.5. The van der Waals surface area contributed by atoms with Gasteiger partial charge >= 0.3 is 0 Å². The average molecular weight is 508 g/mol. The van der Waals surface area contributed by atoms with Crippen molar-refractivity contribution in [1.82, 2.24) is 19.8 Å². The molecule has 3 aliphatic rings. The number of thiophene rings is 1. The number of carbonyl (C=O) groups excluding carboxylic acids is 2. The highest BCUT2D eigenvalue weighted by Gasteiger charge is 2.72. The first-order valence-corrected chi connectivity index (χ1v) is 13.4. The molecule has 1 aliphatic carbocycles. The molecule has 2 unspecified atom stereocenters. The van der Waals surface area contributed by atoms with Crippen molar-refractivity contribution < 1.29 is 14.3 Å². The maximum atomic E-state index is 12.9. The fraction of sp³-hybridized carbons (Fsp3) is 0.519. The Morgan fingerprint density at radius 2 is 1.97 bits per heavy atom. The number of fused-ring (bicyclic) bond motifs is 2. The summed E-state index contributed by atoms with van der Waals surface area (Å²) in [6.07, 6.45) is 1.95. The van der Waals surface area contributed by atoms with E-state index in [1.54, 1.807) is 11.3 Å². The largest absolute Gasteiger partial charge is 0.376 e. The van der Waals surface area contributed by atoms with Crippen LogP contribution in [0.4, 0.5) is 5.69 Å². The number of imide groups is 1. The molecule has 5 heterocycles. The Labute approximate surface area is 215 Å². The van der Waals surface area contributed by atoms with E-state index in [4.69, 9.17) is 4.74 Å². The predicted molar refractivity (Wildman–Crippen MR) is 141 cm³/mol. The SMILES string of the molecule is Cc1c(N(C)C)cc(-c2ccnc3cc(CN4C(=O)C5C(C4=O)C5(C)C)sc23)n1C[C@@H]1CNCCO1. The van der Waals surface area contributed by atoms with Gasteiger partial charge in [0, 0.05) is 49.5 Å². The summed E-state index contributed by atoms with van der Waals surface area (Å²) in [6.45, 7) is 9.72. The van der Waals surface area contributed by atoms with Crippen LogP contribution >= 0.6 is 11.3 Å². The summed E-state index contributed by atoms with van der Waals surface area (Å²) in [5, 5.41) is 3.43. The molecule has 190 valence electrons. The Morgan fingerprint density at radius 3 is 2.64 bits per heavy atom. The number of hydrogen-bond donors (Lipinski definition) is 1. The van der Waals surface area contributed by atoms with Crippen LogP contribution in [0.25, 0.3) is 21.5 Å². The number of piperidine rings is 1. The molecular formula is C27H33N5O3S. The smallest absolute Gasteiger partial charge is 0.234 e. The second-order valence-corrected chi connectivity index (χ2v) is 12.2. The minimum Gasteiger partial charge on any atom is -0.376 e. The molecule has 6 rings (SSSR count). The second kappa shape index (κ2) is 8.39. The van der Waals surface area contributed by atoms with Gasteiger partial charge in [-0.2, -0.15) is 0 Å². The van der Waals surface area contributed by atoms with Crippen molar-refractivity contribution in [3.05, 3.63) is 35.0 Å². The van der Waals surface area contributed by atoms with Gasteiger partial charge in [0.2, 0.25) is 11.8 Å². The first kappa shape index (κ1) is 23.6. The van der Waals surface area contributed by atoms with Crippen LogP contribution in [0.2, 0.25) is 0 Å². The van der Waals surface area contributed by atoms with Crippen LogP contribution in [-0.2, 0) is 27.4 Å². The Kier molecular flexibility index (Phi) is 5.51. The monoisotopic (exact) mass is 507 g/mol. The molecule has 0 spiro atoms. The zero-order chi connectivity index (χ0) is 25.4. The molecule has 0 bridgehead atoms. The number of nitrogens with one attached hydrogen (secondary N) is 1. The fourth-order valence-electron chi connectivity index (χ4n) is 6.07. The van der Waals surface area contributed by atoms with Gasteiger partial charge in [0.15, 0.2) is 0 Å². The molecule has 8 nitrogen and oxygen atoms in total. The van der Waals surface area contributed by atoms with E-state index in [0.717, 1.165) is 52.6 Å². The highest BCUT2D eigenvalue weighted by atomic mass is 32.1. The van der Waals surface area contributed by atoms with Gasteiger partial charge in [-0.1, -0.05) is 13.8 Å². The summed E-state index contributed by atoms with van der Waals surface area (Å²) >= 11 is 1.62. The summed E-state index contributed by atoms with van der Waals surface area (Å²) in [6, 6.07) is 6.33. The summed E-state index contributed by atoms with van der Waals surface area (Å²) in [4.78, 5) is 35.0. The van der Waals surface area contributed by atoms with Crippen molar-refractivity contribution in [3.8, 4) is 11.3 Å². The van der Waals surface area contributed by atoms with Crippen LogP contribution in [0.5, 0.6) is 0 Å². The molecule has 0 radical (unpaired) electrons. The van der Waals surface area contributed by atoms with E-state index < -0.39 is 0 Å². The van der Waals surface area contributed by atoms with Gasteiger partial charge in [-0.05, 0) is 30.5 Å². The van der Waals surface area contributed by atoms with Gasteiger partial charge in [-0.3, -0.25) is 19.5 Å². The molecule has 2 saturated heterocycles. The number of amides is 2. The predicted octanol–water partition coefficient (Wildman–Crippen LogP) is 3.27. The third kappa shape index (κ3) is 3.59. The number of anilines is 1. The number of hydrogen-bond acceptors (Lipinski definition) is 7. The topological polar surface area (TPSA) is 79.7 Å². The number of likely N-dealkylation sites (tertiary alicyclic amines) is 1. The van der Waals surface area contributed by atoms with Crippen molar-refractivity contribution in [1.29, 1.82) is 0 Å². The second-order valence-electron chi connectivity index (χ2n) is 11.0. The minimum absolute atomic E-state index is 0.0261. The Hall–Kier alpha value is -2.75. The van der Waals surface area contributed by atoms with Gasteiger partial charge in [-0.15, -0.1) is 11.3 Å². The molecule has 0 aromatic carbocycles. The van der Waals surface area contributed by atoms with Crippen molar-refractivity contribution in [2.24, 2.45) is 17.3 Å². The number of aromatic nitrogens is 2. The Bertz CT molecular complexity index is 1340. The third-order valence-electron chi connectivity index (χ3n) is 8.16. The van der Waals surface area contributed by atoms with E-state index in [2.05, 4.69) is 52.9 Å². The minimum atomic E-state index is -0.190. The standard InChI is InChI=1S/C27H33N5O3S/c1-15-20(30(4)5)11-21(31(15)13-16-12-28-8-9-35-16)18-6-7-29-19-10-17(36-24(18)19)14-32-25(33)22-23(26(32)34)27(22,2)3/h6-7,10-11,16,22-23,28H,8-9,12-14H2,1-5H3/t16-,22?,23?/m0/s1. The summed E-state index contributed by atoms with van der Waals surface area (Å²) in [7, 11) is 4.13. The number of carbonyl (C=O) groups is 2. The number of rotatable bonds is 6. The van der Waals surface area contributed by atoms with Crippen molar-refractivity contribution in [3.63, 3.8) is 0 Å². The Balaban J connectivity index is 1.36. The lowest BCUT2D eigenvalue weighted by atomic mass is 10.1. The van der Waals surface area contributed by atoms with Crippen LogP contribution in [0.1, 0.15) is 24.4 Å². The van der Waals surface area contributed by atoms with Crippen LogP contribution < -0.4 is 10.2 Å². The summed E-state index contributed by atoms with van der Waals surface area (Å²) in [5.74, 6) is -0.357. The van der Waals surface area contributed by atoms with E-state index in [0.29, 0.717) is 6.54 Å². The molecule has 1 N–H and O–H groups in total. The van der Waals surface area contributed by atoms with E-state index in [-0.39, 0.29) is 35.2 Å².